The summed E-state index contributed by atoms with van der Waals surface area (Å²) in [5.74, 6) is -2.20. The number of carboxylic acids is 1. The zero-order chi connectivity index (χ0) is 26.7. The molecule has 4 rings (SSSR count). The molecular formula is C27H39N5O5. The molecule has 0 aromatic carbocycles. The smallest absolute Gasteiger partial charge is 0.326 e. The number of likely N-dealkylation sites (tertiary alicyclic amines) is 1. The molecule has 2 saturated carbocycles. The van der Waals surface area contributed by atoms with Gasteiger partial charge in [-0.15, -0.1) is 0 Å². The van der Waals surface area contributed by atoms with Crippen LogP contribution in [0.1, 0.15) is 82.6 Å². The predicted molar refractivity (Wildman–Crippen MR) is 135 cm³/mol. The summed E-state index contributed by atoms with van der Waals surface area (Å²) in [6, 6.07) is -2.63. The van der Waals surface area contributed by atoms with Gasteiger partial charge in [-0.3, -0.25) is 19.4 Å². The number of carboxylic acid groups (broad SMARTS) is 1. The van der Waals surface area contributed by atoms with Gasteiger partial charge in [0.2, 0.25) is 11.8 Å². The standard InChI is InChI=1S/C27H39N5O5/c1-27(2,3)22(25(35)32-15-17-10-7-11-18(17)21(32)26(36)37)31-24(34)20(16-8-5-4-6-9-16)30-23(33)19-14-28-12-13-29-19/h12-14,16-18,20-22H,4-11,15H2,1-3H3,(H,30,33)(H,31,34)(H,36,37)/t17-,18-,20-,21?,22+/m0/s1. The topological polar surface area (TPSA) is 142 Å². The van der Waals surface area contributed by atoms with Crippen LogP contribution in [0.25, 0.3) is 0 Å². The van der Waals surface area contributed by atoms with E-state index < -0.39 is 41.3 Å². The number of rotatable bonds is 7. The van der Waals surface area contributed by atoms with E-state index in [9.17, 15) is 24.3 Å². The fraction of sp³-hybridized carbons (Fsp3) is 0.704. The molecule has 10 heteroatoms. The van der Waals surface area contributed by atoms with Crippen LogP contribution in [0.5, 0.6) is 0 Å². The van der Waals surface area contributed by atoms with E-state index in [1.54, 1.807) is 0 Å². The Bertz CT molecular complexity index is 1000. The summed E-state index contributed by atoms with van der Waals surface area (Å²) in [7, 11) is 0. The Hall–Kier alpha value is -3.04. The number of aliphatic carboxylic acids is 1. The van der Waals surface area contributed by atoms with Crippen LogP contribution in [0.4, 0.5) is 0 Å². The van der Waals surface area contributed by atoms with Crippen molar-refractivity contribution in [2.24, 2.45) is 23.2 Å². The lowest BCUT2D eigenvalue weighted by molar-refractivity contribution is -0.152. The van der Waals surface area contributed by atoms with E-state index in [1.165, 1.54) is 23.5 Å². The molecule has 1 aliphatic heterocycles. The van der Waals surface area contributed by atoms with Crippen LogP contribution in [0, 0.1) is 23.2 Å². The maximum atomic E-state index is 13.9. The third-order valence-electron chi connectivity index (χ3n) is 8.31. The molecule has 2 aliphatic carbocycles. The molecule has 5 atom stereocenters. The molecule has 1 aromatic heterocycles. The maximum Gasteiger partial charge on any atom is 0.326 e. The first-order chi connectivity index (χ1) is 17.6. The van der Waals surface area contributed by atoms with E-state index in [4.69, 9.17) is 0 Å². The molecule has 3 amide bonds. The number of nitrogens with one attached hydrogen (secondary N) is 2. The zero-order valence-electron chi connectivity index (χ0n) is 22.0. The summed E-state index contributed by atoms with van der Waals surface area (Å²) in [5.41, 5.74) is -0.549. The van der Waals surface area contributed by atoms with Crippen LogP contribution in [0.3, 0.4) is 0 Å². The lowest BCUT2D eigenvalue weighted by atomic mass is 9.82. The highest BCUT2D eigenvalue weighted by atomic mass is 16.4. The van der Waals surface area contributed by atoms with Gasteiger partial charge in [-0.25, -0.2) is 9.78 Å². The fourth-order valence-corrected chi connectivity index (χ4v) is 6.39. The van der Waals surface area contributed by atoms with E-state index in [2.05, 4.69) is 20.6 Å². The minimum Gasteiger partial charge on any atom is -0.480 e. The number of amides is 3. The molecule has 202 valence electrons. The highest BCUT2D eigenvalue weighted by Gasteiger charge is 2.52. The van der Waals surface area contributed by atoms with E-state index in [0.29, 0.717) is 6.54 Å². The molecule has 10 nitrogen and oxygen atoms in total. The monoisotopic (exact) mass is 513 g/mol. The first-order valence-corrected chi connectivity index (χ1v) is 13.5. The van der Waals surface area contributed by atoms with Crippen LogP contribution in [0.15, 0.2) is 18.6 Å². The van der Waals surface area contributed by atoms with Crippen molar-refractivity contribution in [2.45, 2.75) is 90.3 Å². The molecule has 0 bridgehead atoms. The summed E-state index contributed by atoms with van der Waals surface area (Å²) in [4.78, 5) is 62.2. The Labute approximate surface area is 218 Å². The van der Waals surface area contributed by atoms with Gasteiger partial charge < -0.3 is 20.6 Å². The molecule has 1 saturated heterocycles. The molecular weight excluding hydrogens is 474 g/mol. The average molecular weight is 514 g/mol. The Morgan fingerprint density at radius 3 is 2.35 bits per heavy atom. The Morgan fingerprint density at radius 2 is 1.73 bits per heavy atom. The van der Waals surface area contributed by atoms with Gasteiger partial charge in [0.15, 0.2) is 0 Å². The molecule has 3 N–H and O–H groups in total. The third-order valence-corrected chi connectivity index (χ3v) is 8.31. The Balaban J connectivity index is 1.56. The van der Waals surface area contributed by atoms with Gasteiger partial charge in [0.05, 0.1) is 6.20 Å². The molecule has 1 aromatic rings. The maximum absolute atomic E-state index is 13.9. The van der Waals surface area contributed by atoms with Crippen LogP contribution in [-0.4, -0.2) is 68.3 Å². The van der Waals surface area contributed by atoms with Gasteiger partial charge in [-0.1, -0.05) is 46.5 Å². The second-order valence-electron chi connectivity index (χ2n) is 11.9. The van der Waals surface area contributed by atoms with Gasteiger partial charge in [0, 0.05) is 18.9 Å². The van der Waals surface area contributed by atoms with Crippen molar-refractivity contribution < 1.29 is 24.3 Å². The first kappa shape index (κ1) is 27.0. The third kappa shape index (κ3) is 5.93. The molecule has 3 fully saturated rings. The molecule has 3 aliphatic rings. The van der Waals surface area contributed by atoms with Gasteiger partial charge in [-0.2, -0.15) is 0 Å². The van der Waals surface area contributed by atoms with E-state index in [-0.39, 0.29) is 29.4 Å². The highest BCUT2D eigenvalue weighted by Crippen LogP contribution is 2.43. The predicted octanol–water partition coefficient (Wildman–Crippen LogP) is 2.40. The number of nitrogens with zero attached hydrogens (tertiary/aromatic N) is 3. The van der Waals surface area contributed by atoms with Crippen molar-refractivity contribution in [3.05, 3.63) is 24.3 Å². The molecule has 1 unspecified atom stereocenters. The van der Waals surface area contributed by atoms with Gasteiger partial charge in [0.1, 0.15) is 23.8 Å². The van der Waals surface area contributed by atoms with Crippen molar-refractivity contribution in [3.8, 4) is 0 Å². The Kier molecular flexibility index (Phi) is 8.14. The summed E-state index contributed by atoms with van der Waals surface area (Å²) in [6.07, 6.45) is 11.5. The van der Waals surface area contributed by atoms with E-state index >= 15 is 0 Å². The second kappa shape index (κ2) is 11.1. The highest BCUT2D eigenvalue weighted by molar-refractivity contribution is 5.97. The van der Waals surface area contributed by atoms with Gasteiger partial charge >= 0.3 is 5.97 Å². The Morgan fingerprint density at radius 1 is 1.00 bits per heavy atom. The van der Waals surface area contributed by atoms with Gasteiger partial charge in [0.25, 0.3) is 5.91 Å². The summed E-state index contributed by atoms with van der Waals surface area (Å²) >= 11 is 0. The van der Waals surface area contributed by atoms with E-state index in [0.717, 1.165) is 51.4 Å². The molecule has 37 heavy (non-hydrogen) atoms. The van der Waals surface area contributed by atoms with Crippen molar-refractivity contribution in [1.29, 1.82) is 0 Å². The van der Waals surface area contributed by atoms with Crippen molar-refractivity contribution >= 4 is 23.7 Å². The minimum atomic E-state index is -0.988. The lowest BCUT2D eigenvalue weighted by Crippen LogP contribution is -2.61. The fourth-order valence-electron chi connectivity index (χ4n) is 6.39. The van der Waals surface area contributed by atoms with Crippen LogP contribution in [-0.2, 0) is 14.4 Å². The first-order valence-electron chi connectivity index (χ1n) is 13.5. The van der Waals surface area contributed by atoms with Gasteiger partial charge in [-0.05, 0) is 48.9 Å². The second-order valence-corrected chi connectivity index (χ2v) is 11.9. The van der Waals surface area contributed by atoms with Crippen molar-refractivity contribution in [3.63, 3.8) is 0 Å². The number of hydrogen-bond donors (Lipinski definition) is 3. The minimum absolute atomic E-state index is 0.0426. The normalized spacial score (nSPS) is 25.7. The quantitative estimate of drug-likeness (QED) is 0.508. The number of aromatic nitrogens is 2. The van der Waals surface area contributed by atoms with E-state index in [1.807, 2.05) is 20.8 Å². The van der Waals surface area contributed by atoms with Crippen LogP contribution < -0.4 is 10.6 Å². The van der Waals surface area contributed by atoms with Crippen molar-refractivity contribution in [1.82, 2.24) is 25.5 Å². The SMILES string of the molecule is CC(C)(C)[C@H](NC(=O)[C@@H](NC(=O)c1cnccn1)C1CCCCC1)C(=O)N1C[C@@H]2CCC[C@@H]2C1C(=O)O. The molecule has 2 heterocycles. The lowest BCUT2D eigenvalue weighted by Gasteiger charge is -2.37. The number of fused-ring (bicyclic) bond motifs is 1. The average Bonchev–Trinajstić information content (AvgIpc) is 3.47. The number of carbonyl (C=O) groups is 4. The summed E-state index contributed by atoms with van der Waals surface area (Å²) in [6.45, 7) is 5.97. The van der Waals surface area contributed by atoms with Crippen LogP contribution >= 0.6 is 0 Å². The molecule has 0 radical (unpaired) electrons. The zero-order valence-corrected chi connectivity index (χ0v) is 22.0. The number of carbonyl (C=O) groups excluding carboxylic acids is 3. The van der Waals surface area contributed by atoms with Crippen LogP contribution in [0.2, 0.25) is 0 Å². The summed E-state index contributed by atoms with van der Waals surface area (Å²) in [5, 5.41) is 15.8. The number of hydrogen-bond acceptors (Lipinski definition) is 6. The summed E-state index contributed by atoms with van der Waals surface area (Å²) < 4.78 is 0. The molecule has 0 spiro atoms. The van der Waals surface area contributed by atoms with Crippen molar-refractivity contribution in [2.75, 3.05) is 6.54 Å². The largest absolute Gasteiger partial charge is 0.480 e.